The van der Waals surface area contributed by atoms with Gasteiger partial charge in [-0.25, -0.2) is 4.98 Å². The Balaban J connectivity index is 1.18. The lowest BCUT2D eigenvalue weighted by atomic mass is 9.81. The number of pyridine rings is 1. The summed E-state index contributed by atoms with van der Waals surface area (Å²) in [6.07, 6.45) is 13.1. The molecule has 0 amide bonds. The maximum absolute atomic E-state index is 5.13. The van der Waals surface area contributed by atoms with Crippen LogP contribution in [-0.2, 0) is 5.41 Å². The first-order chi connectivity index (χ1) is 22.6. The van der Waals surface area contributed by atoms with Crippen LogP contribution in [0.4, 0.5) is 11.4 Å². The number of aromatic nitrogens is 1. The summed E-state index contributed by atoms with van der Waals surface area (Å²) in [5.41, 5.74) is 15.5. The molecule has 3 aliphatic rings. The summed E-state index contributed by atoms with van der Waals surface area (Å²) in [4.78, 5) is 7.40. The molecule has 2 nitrogen and oxygen atoms in total. The van der Waals surface area contributed by atoms with Gasteiger partial charge in [-0.15, -0.1) is 0 Å². The largest absolute Gasteiger partial charge is 0.309 e. The van der Waals surface area contributed by atoms with E-state index in [9.17, 15) is 0 Å². The predicted octanol–water partition coefficient (Wildman–Crippen LogP) is 11.3. The van der Waals surface area contributed by atoms with Crippen molar-refractivity contribution in [3.05, 3.63) is 162 Å². The van der Waals surface area contributed by atoms with Crippen LogP contribution in [0.3, 0.4) is 0 Å². The molecule has 2 aliphatic carbocycles. The first-order valence-corrected chi connectivity index (χ1v) is 16.1. The topological polar surface area (TPSA) is 16.1 Å². The van der Waals surface area contributed by atoms with Crippen molar-refractivity contribution in [1.29, 1.82) is 0 Å². The predicted molar refractivity (Wildman–Crippen MR) is 192 cm³/mol. The van der Waals surface area contributed by atoms with Gasteiger partial charge in [-0.3, -0.25) is 0 Å². The van der Waals surface area contributed by atoms with Crippen LogP contribution in [0.5, 0.6) is 0 Å². The molecule has 218 valence electrons. The molecular formula is C44H32N2. The Bertz CT molecular complexity index is 2280. The van der Waals surface area contributed by atoms with E-state index in [1.807, 2.05) is 6.07 Å². The van der Waals surface area contributed by atoms with Gasteiger partial charge in [0.25, 0.3) is 0 Å². The first-order valence-electron chi connectivity index (χ1n) is 16.1. The smallest absolute Gasteiger partial charge is 0.0975 e. The van der Waals surface area contributed by atoms with Crippen LogP contribution >= 0.6 is 0 Å². The van der Waals surface area contributed by atoms with Crippen molar-refractivity contribution >= 4 is 33.8 Å². The normalized spacial score (nSPS) is 15.3. The van der Waals surface area contributed by atoms with Gasteiger partial charge in [0.05, 0.1) is 22.8 Å². The summed E-state index contributed by atoms with van der Waals surface area (Å²) in [5, 5.41) is 2.55. The van der Waals surface area contributed by atoms with Gasteiger partial charge >= 0.3 is 0 Å². The van der Waals surface area contributed by atoms with Crippen molar-refractivity contribution < 1.29 is 0 Å². The third-order valence-electron chi connectivity index (χ3n) is 9.93. The van der Waals surface area contributed by atoms with Crippen LogP contribution in [0.2, 0.25) is 0 Å². The minimum absolute atomic E-state index is 0.0411. The first kappa shape index (κ1) is 26.7. The molecule has 0 fully saturated rings. The van der Waals surface area contributed by atoms with Crippen molar-refractivity contribution in [2.45, 2.75) is 32.1 Å². The average molecular weight is 589 g/mol. The zero-order chi connectivity index (χ0) is 30.8. The molecule has 1 aliphatic heterocycles. The second kappa shape index (κ2) is 10.2. The minimum atomic E-state index is -0.0411. The SMILES string of the molecule is CC1(C)c2ccccc2-c2c1cc1cccc3c1c2C=CN3c1c#ccc(-c2cc(C3=CC=CCC3)nc(-c3ccccc3)c2)c1. The number of rotatable bonds is 4. The molecule has 0 saturated heterocycles. The minimum Gasteiger partial charge on any atom is -0.309 e. The number of benzene rings is 4. The Hall–Kier alpha value is -5.65. The van der Waals surface area contributed by atoms with E-state index in [1.165, 1.54) is 49.9 Å². The maximum Gasteiger partial charge on any atom is 0.0975 e. The van der Waals surface area contributed by atoms with E-state index in [0.29, 0.717) is 0 Å². The average Bonchev–Trinajstić information content (AvgIpc) is 3.35. The highest BCUT2D eigenvalue weighted by Gasteiger charge is 2.38. The molecule has 0 radical (unpaired) electrons. The van der Waals surface area contributed by atoms with Crippen molar-refractivity contribution in [2.75, 3.05) is 4.90 Å². The molecule has 2 heteroatoms. The number of allylic oxidation sites excluding steroid dienone is 4. The number of hydrogen-bond donors (Lipinski definition) is 0. The van der Waals surface area contributed by atoms with Crippen molar-refractivity contribution in [3.63, 3.8) is 0 Å². The fourth-order valence-electron chi connectivity index (χ4n) is 7.59. The summed E-state index contributed by atoms with van der Waals surface area (Å²) in [6, 6.07) is 44.0. The lowest BCUT2D eigenvalue weighted by Crippen LogP contribution is -2.16. The highest BCUT2D eigenvalue weighted by molar-refractivity contribution is 6.10. The molecule has 6 aromatic rings. The lowest BCUT2D eigenvalue weighted by molar-refractivity contribution is 0.661. The molecule has 1 aromatic heterocycles. The van der Waals surface area contributed by atoms with Gasteiger partial charge in [0, 0.05) is 22.6 Å². The van der Waals surface area contributed by atoms with Crippen LogP contribution in [0.15, 0.2) is 128 Å². The summed E-state index contributed by atoms with van der Waals surface area (Å²) in [5.74, 6) is 0. The molecule has 5 aromatic carbocycles. The molecule has 0 saturated carbocycles. The van der Waals surface area contributed by atoms with Gasteiger partial charge in [-0.1, -0.05) is 105 Å². The molecule has 0 bridgehead atoms. The van der Waals surface area contributed by atoms with E-state index in [4.69, 9.17) is 4.98 Å². The van der Waals surface area contributed by atoms with Crippen molar-refractivity contribution in [1.82, 2.24) is 4.98 Å². The number of fused-ring (bicyclic) bond motifs is 4. The standard InChI is InChI=1S/C44H32N2/c1-44(2)37-21-10-9-20-35(37)43-36-23-24-46(41-22-12-18-32(42(36)41)26-38(43)44)34-19-11-17-31(25-34)33-27-39(29-13-5-3-6-14-29)45-40(28-33)30-15-7-4-8-16-30/h3-7,9-10,12-15,17-18,20-28H,8,16H2,1-2H3. The Labute approximate surface area is 270 Å². The van der Waals surface area contributed by atoms with E-state index >= 15 is 0 Å². The Morgan fingerprint density at radius 2 is 1.63 bits per heavy atom. The van der Waals surface area contributed by atoms with Crippen LogP contribution in [0.1, 0.15) is 49.1 Å². The fourth-order valence-corrected chi connectivity index (χ4v) is 7.59. The number of nitrogens with zero attached hydrogens (tertiary/aromatic N) is 2. The third kappa shape index (κ3) is 4.09. The highest BCUT2D eigenvalue weighted by atomic mass is 15.1. The van der Waals surface area contributed by atoms with Gasteiger partial charge in [-0.05, 0) is 111 Å². The van der Waals surface area contributed by atoms with Gasteiger partial charge in [0.15, 0.2) is 0 Å². The zero-order valence-electron chi connectivity index (χ0n) is 26.0. The Morgan fingerprint density at radius 1 is 0.783 bits per heavy atom. The second-order valence-electron chi connectivity index (χ2n) is 13.0. The zero-order valence-corrected chi connectivity index (χ0v) is 26.0. The molecule has 0 N–H and O–H groups in total. The van der Waals surface area contributed by atoms with Crippen LogP contribution < -0.4 is 4.90 Å². The molecule has 0 spiro atoms. The van der Waals surface area contributed by atoms with Crippen LogP contribution in [-0.4, -0.2) is 4.98 Å². The van der Waals surface area contributed by atoms with E-state index in [1.54, 1.807) is 0 Å². The highest BCUT2D eigenvalue weighted by Crippen LogP contribution is 2.54. The molecule has 2 heterocycles. The van der Waals surface area contributed by atoms with E-state index in [-0.39, 0.29) is 5.41 Å². The molecule has 0 atom stereocenters. The molecule has 0 unspecified atom stereocenters. The van der Waals surface area contributed by atoms with Gasteiger partial charge in [0.2, 0.25) is 0 Å². The quantitative estimate of drug-likeness (QED) is 0.204. The van der Waals surface area contributed by atoms with Crippen molar-refractivity contribution in [3.8, 4) is 33.5 Å². The third-order valence-corrected chi connectivity index (χ3v) is 9.93. The van der Waals surface area contributed by atoms with E-state index < -0.39 is 0 Å². The van der Waals surface area contributed by atoms with Gasteiger partial charge in [-0.2, -0.15) is 0 Å². The molecule has 9 rings (SSSR count). The van der Waals surface area contributed by atoms with Crippen LogP contribution in [0, 0.1) is 12.1 Å². The van der Waals surface area contributed by atoms with E-state index in [0.717, 1.165) is 46.6 Å². The van der Waals surface area contributed by atoms with E-state index in [2.05, 4.69) is 158 Å². The summed E-state index contributed by atoms with van der Waals surface area (Å²) < 4.78 is 0. The molecule has 46 heavy (non-hydrogen) atoms. The van der Waals surface area contributed by atoms with Crippen molar-refractivity contribution in [2.24, 2.45) is 0 Å². The number of hydrogen-bond acceptors (Lipinski definition) is 2. The number of anilines is 2. The summed E-state index contributed by atoms with van der Waals surface area (Å²) >= 11 is 0. The van der Waals surface area contributed by atoms with Gasteiger partial charge in [0.1, 0.15) is 0 Å². The lowest BCUT2D eigenvalue weighted by Gasteiger charge is -2.28. The van der Waals surface area contributed by atoms with Gasteiger partial charge < -0.3 is 4.90 Å². The monoisotopic (exact) mass is 588 g/mol. The maximum atomic E-state index is 5.13. The molecular weight excluding hydrogens is 556 g/mol. The summed E-state index contributed by atoms with van der Waals surface area (Å²) in [6.45, 7) is 4.70. The second-order valence-corrected chi connectivity index (χ2v) is 13.0. The summed E-state index contributed by atoms with van der Waals surface area (Å²) in [7, 11) is 0. The fraction of sp³-hybridized carbons (Fsp3) is 0.114. The van der Waals surface area contributed by atoms with Crippen LogP contribution in [0.25, 0.3) is 55.9 Å². The Kier molecular flexibility index (Phi) is 5.92. The Morgan fingerprint density at radius 3 is 2.50 bits per heavy atom.